The summed E-state index contributed by atoms with van der Waals surface area (Å²) < 4.78 is 0. The number of anilines is 1. The van der Waals surface area contributed by atoms with E-state index in [4.69, 9.17) is 0 Å². The average molecular weight is 308 g/mol. The molecule has 4 nitrogen and oxygen atoms in total. The van der Waals surface area contributed by atoms with Crippen LogP contribution in [-0.4, -0.2) is 17.9 Å². The topological polar surface area (TPSA) is 58.2 Å². The van der Waals surface area contributed by atoms with E-state index in [9.17, 15) is 9.59 Å². The van der Waals surface area contributed by atoms with Gasteiger partial charge in [0, 0.05) is 22.9 Å². The maximum atomic E-state index is 12.4. The molecule has 0 spiro atoms. The Morgan fingerprint density at radius 2 is 1.61 bits per heavy atom. The molecule has 1 aliphatic carbocycles. The number of hydrogen-bond acceptors (Lipinski definition) is 2. The number of hydrogen-bond donors (Lipinski definition) is 2. The Morgan fingerprint density at radius 3 is 2.30 bits per heavy atom. The van der Waals surface area contributed by atoms with Crippen LogP contribution in [0.1, 0.15) is 44.7 Å². The average Bonchev–Trinajstić information content (AvgIpc) is 3.36. The van der Waals surface area contributed by atoms with Crippen LogP contribution in [0, 0.1) is 13.8 Å². The van der Waals surface area contributed by atoms with Gasteiger partial charge in [-0.05, 0) is 62.1 Å². The van der Waals surface area contributed by atoms with E-state index in [2.05, 4.69) is 10.6 Å². The van der Waals surface area contributed by atoms with Gasteiger partial charge in [-0.3, -0.25) is 9.59 Å². The van der Waals surface area contributed by atoms with Crippen molar-refractivity contribution in [3.63, 3.8) is 0 Å². The summed E-state index contributed by atoms with van der Waals surface area (Å²) in [5.41, 5.74) is 3.96. The molecular weight excluding hydrogens is 288 g/mol. The van der Waals surface area contributed by atoms with Crippen LogP contribution < -0.4 is 10.6 Å². The van der Waals surface area contributed by atoms with E-state index in [-0.39, 0.29) is 11.8 Å². The molecule has 0 atom stereocenters. The Balaban J connectivity index is 1.76. The van der Waals surface area contributed by atoms with E-state index in [1.54, 1.807) is 24.3 Å². The minimum absolute atomic E-state index is 0.117. The van der Waals surface area contributed by atoms with Gasteiger partial charge in [-0.25, -0.2) is 0 Å². The Hall–Kier alpha value is -2.62. The fourth-order valence-electron chi connectivity index (χ4n) is 2.38. The Morgan fingerprint density at radius 1 is 0.957 bits per heavy atom. The third-order valence-electron chi connectivity index (χ3n) is 4.15. The SMILES string of the molecule is Cc1cccc(NC(=O)c2cccc(C(=O)NC3CC3)c2)c1C. The zero-order valence-corrected chi connectivity index (χ0v) is 13.3. The molecular formula is C19H20N2O2. The first-order valence-corrected chi connectivity index (χ1v) is 7.83. The van der Waals surface area contributed by atoms with Gasteiger partial charge < -0.3 is 10.6 Å². The fourth-order valence-corrected chi connectivity index (χ4v) is 2.38. The third-order valence-corrected chi connectivity index (χ3v) is 4.15. The molecule has 118 valence electrons. The molecule has 0 radical (unpaired) electrons. The fraction of sp³-hybridized carbons (Fsp3) is 0.263. The molecule has 3 rings (SSSR count). The first-order valence-electron chi connectivity index (χ1n) is 7.83. The monoisotopic (exact) mass is 308 g/mol. The van der Waals surface area contributed by atoms with Gasteiger partial charge in [0.05, 0.1) is 0 Å². The van der Waals surface area contributed by atoms with E-state index in [0.29, 0.717) is 17.2 Å². The van der Waals surface area contributed by atoms with E-state index in [1.807, 2.05) is 32.0 Å². The van der Waals surface area contributed by atoms with Crippen LogP contribution >= 0.6 is 0 Å². The summed E-state index contributed by atoms with van der Waals surface area (Å²) in [6.07, 6.45) is 2.08. The van der Waals surface area contributed by atoms with Crippen molar-refractivity contribution < 1.29 is 9.59 Å². The highest BCUT2D eigenvalue weighted by molar-refractivity contribution is 6.06. The van der Waals surface area contributed by atoms with Crippen LogP contribution in [0.4, 0.5) is 5.69 Å². The van der Waals surface area contributed by atoms with Gasteiger partial charge >= 0.3 is 0 Å². The van der Waals surface area contributed by atoms with Crippen molar-refractivity contribution in [1.82, 2.24) is 5.32 Å². The number of rotatable bonds is 4. The maximum Gasteiger partial charge on any atom is 0.255 e. The molecule has 1 fully saturated rings. The summed E-state index contributed by atoms with van der Waals surface area (Å²) in [7, 11) is 0. The zero-order valence-electron chi connectivity index (χ0n) is 13.3. The molecule has 0 aliphatic heterocycles. The lowest BCUT2D eigenvalue weighted by Crippen LogP contribution is -2.25. The minimum atomic E-state index is -0.209. The van der Waals surface area contributed by atoms with Crippen molar-refractivity contribution in [3.05, 3.63) is 64.7 Å². The summed E-state index contributed by atoms with van der Waals surface area (Å²) in [4.78, 5) is 24.5. The molecule has 0 saturated heterocycles. The Labute approximate surface area is 135 Å². The molecule has 2 amide bonds. The third kappa shape index (κ3) is 3.59. The van der Waals surface area contributed by atoms with Gasteiger partial charge in [-0.15, -0.1) is 0 Å². The minimum Gasteiger partial charge on any atom is -0.349 e. The first-order chi connectivity index (χ1) is 11.0. The summed E-state index contributed by atoms with van der Waals surface area (Å²) >= 11 is 0. The number of aryl methyl sites for hydroxylation is 1. The number of benzene rings is 2. The number of amides is 2. The summed E-state index contributed by atoms with van der Waals surface area (Å²) in [5.74, 6) is -0.325. The number of carbonyl (C=O) groups is 2. The van der Waals surface area contributed by atoms with Crippen molar-refractivity contribution in [2.45, 2.75) is 32.7 Å². The molecule has 1 saturated carbocycles. The lowest BCUT2D eigenvalue weighted by molar-refractivity contribution is 0.0951. The predicted octanol–water partition coefficient (Wildman–Crippen LogP) is 3.45. The molecule has 0 unspecified atom stereocenters. The molecule has 4 heteroatoms. The van der Waals surface area contributed by atoms with Crippen LogP contribution in [0.2, 0.25) is 0 Å². The van der Waals surface area contributed by atoms with Gasteiger partial charge in [0.2, 0.25) is 0 Å². The molecule has 2 aromatic rings. The zero-order chi connectivity index (χ0) is 16.4. The van der Waals surface area contributed by atoms with Crippen molar-refractivity contribution in [2.24, 2.45) is 0 Å². The van der Waals surface area contributed by atoms with E-state index < -0.39 is 0 Å². The highest BCUT2D eigenvalue weighted by Gasteiger charge is 2.24. The van der Waals surface area contributed by atoms with Crippen molar-refractivity contribution in [3.8, 4) is 0 Å². The van der Waals surface area contributed by atoms with Crippen molar-refractivity contribution in [1.29, 1.82) is 0 Å². The summed E-state index contributed by atoms with van der Waals surface area (Å²) in [5, 5.41) is 5.85. The smallest absolute Gasteiger partial charge is 0.255 e. The van der Waals surface area contributed by atoms with E-state index >= 15 is 0 Å². The second kappa shape index (κ2) is 6.24. The van der Waals surface area contributed by atoms with Crippen LogP contribution in [0.5, 0.6) is 0 Å². The van der Waals surface area contributed by atoms with E-state index in [0.717, 1.165) is 29.7 Å². The molecule has 1 aliphatic rings. The molecule has 23 heavy (non-hydrogen) atoms. The lowest BCUT2D eigenvalue weighted by Gasteiger charge is -2.11. The summed E-state index contributed by atoms with van der Waals surface area (Å²) in [6, 6.07) is 12.9. The van der Waals surface area contributed by atoms with Gasteiger partial charge in [0.25, 0.3) is 11.8 Å². The van der Waals surface area contributed by atoms with Crippen LogP contribution in [0.15, 0.2) is 42.5 Å². The molecule has 0 heterocycles. The van der Waals surface area contributed by atoms with Crippen LogP contribution in [-0.2, 0) is 0 Å². The van der Waals surface area contributed by atoms with Crippen LogP contribution in [0.3, 0.4) is 0 Å². The molecule has 2 aromatic carbocycles. The van der Waals surface area contributed by atoms with Gasteiger partial charge in [-0.1, -0.05) is 18.2 Å². The predicted molar refractivity (Wildman–Crippen MR) is 90.8 cm³/mol. The highest BCUT2D eigenvalue weighted by Crippen LogP contribution is 2.21. The second-order valence-electron chi connectivity index (χ2n) is 6.03. The van der Waals surface area contributed by atoms with Crippen molar-refractivity contribution >= 4 is 17.5 Å². The summed E-state index contributed by atoms with van der Waals surface area (Å²) in [6.45, 7) is 3.98. The van der Waals surface area contributed by atoms with Gasteiger partial charge in [0.15, 0.2) is 0 Å². The normalized spacial score (nSPS) is 13.5. The van der Waals surface area contributed by atoms with Crippen molar-refractivity contribution in [2.75, 3.05) is 5.32 Å². The maximum absolute atomic E-state index is 12.4. The number of carbonyl (C=O) groups excluding carboxylic acids is 2. The Kier molecular flexibility index (Phi) is 4.15. The van der Waals surface area contributed by atoms with Crippen LogP contribution in [0.25, 0.3) is 0 Å². The number of nitrogens with one attached hydrogen (secondary N) is 2. The molecule has 2 N–H and O–H groups in total. The Bertz CT molecular complexity index is 764. The lowest BCUT2D eigenvalue weighted by atomic mass is 10.1. The largest absolute Gasteiger partial charge is 0.349 e. The quantitative estimate of drug-likeness (QED) is 0.909. The first kappa shape index (κ1) is 15.3. The highest BCUT2D eigenvalue weighted by atomic mass is 16.2. The standard InChI is InChI=1S/C19H20N2O2/c1-12-5-3-8-17(13(12)2)21-19(23)15-7-4-6-14(11-15)18(22)20-16-9-10-16/h3-8,11,16H,9-10H2,1-2H3,(H,20,22)(H,21,23). The van der Waals surface area contributed by atoms with Gasteiger partial charge in [0.1, 0.15) is 0 Å². The second-order valence-corrected chi connectivity index (χ2v) is 6.03. The molecule has 0 aromatic heterocycles. The van der Waals surface area contributed by atoms with E-state index in [1.165, 1.54) is 0 Å². The molecule has 0 bridgehead atoms. The van der Waals surface area contributed by atoms with Gasteiger partial charge in [-0.2, -0.15) is 0 Å².